The summed E-state index contributed by atoms with van der Waals surface area (Å²) >= 11 is 0. The molecule has 0 bridgehead atoms. The van der Waals surface area contributed by atoms with Crippen molar-refractivity contribution in [3.63, 3.8) is 0 Å². The van der Waals surface area contributed by atoms with Gasteiger partial charge in [0.15, 0.2) is 0 Å². The number of rotatable bonds is 3. The van der Waals surface area contributed by atoms with Crippen molar-refractivity contribution in [1.82, 2.24) is 9.55 Å². The lowest BCUT2D eigenvalue weighted by molar-refractivity contribution is 0.589. The lowest BCUT2D eigenvalue weighted by Gasteiger charge is -2.19. The number of nitrogens with zero attached hydrogens (tertiary/aromatic N) is 2. The first-order valence-corrected chi connectivity index (χ1v) is 9.23. The maximum Gasteiger partial charge on any atom is 0.149 e. The zero-order valence-electron chi connectivity index (χ0n) is 15.9. The molecule has 3 aromatic carbocycles. The van der Waals surface area contributed by atoms with E-state index in [4.69, 9.17) is 4.98 Å². The topological polar surface area (TPSA) is 17.8 Å². The van der Waals surface area contributed by atoms with E-state index in [2.05, 4.69) is 45.0 Å². The van der Waals surface area contributed by atoms with Crippen molar-refractivity contribution in [2.24, 2.45) is 0 Å². The summed E-state index contributed by atoms with van der Waals surface area (Å²) in [5.41, 5.74) is 4.75. The van der Waals surface area contributed by atoms with Crippen LogP contribution in [0.5, 0.6) is 0 Å². The lowest BCUT2D eigenvalue weighted by atomic mass is 9.87. The normalized spacial score (nSPS) is 11.9. The van der Waals surface area contributed by atoms with Crippen LogP contribution >= 0.6 is 0 Å². The summed E-state index contributed by atoms with van der Waals surface area (Å²) in [6, 6.07) is 23.6. The van der Waals surface area contributed by atoms with E-state index < -0.39 is 0 Å². The third kappa shape index (κ3) is 3.37. The van der Waals surface area contributed by atoms with Gasteiger partial charge >= 0.3 is 0 Å². The van der Waals surface area contributed by atoms with E-state index in [1.54, 1.807) is 6.07 Å². The minimum absolute atomic E-state index is 0.113. The molecule has 0 atom stereocenters. The van der Waals surface area contributed by atoms with E-state index in [0.717, 1.165) is 17.0 Å². The van der Waals surface area contributed by atoms with Gasteiger partial charge in [-0.1, -0.05) is 81.4 Å². The summed E-state index contributed by atoms with van der Waals surface area (Å²) in [6.45, 7) is 7.18. The highest BCUT2D eigenvalue weighted by atomic mass is 19.1. The smallest absolute Gasteiger partial charge is 0.149 e. The monoisotopic (exact) mass is 358 g/mol. The highest BCUT2D eigenvalue weighted by molar-refractivity contribution is 5.81. The van der Waals surface area contributed by atoms with Gasteiger partial charge in [-0.25, -0.2) is 9.37 Å². The van der Waals surface area contributed by atoms with Crippen LogP contribution in [0, 0.1) is 5.82 Å². The molecule has 3 heteroatoms. The molecule has 0 aliphatic rings. The van der Waals surface area contributed by atoms with Gasteiger partial charge in [0.25, 0.3) is 0 Å². The molecule has 27 heavy (non-hydrogen) atoms. The molecule has 4 aromatic rings. The number of fused-ring (bicyclic) bond motifs is 1. The minimum atomic E-state index is -0.242. The van der Waals surface area contributed by atoms with Gasteiger partial charge in [0.05, 0.1) is 5.52 Å². The second-order valence-corrected chi connectivity index (χ2v) is 7.94. The molecule has 0 fully saturated rings. The Morgan fingerprint density at radius 3 is 2.22 bits per heavy atom. The second-order valence-electron chi connectivity index (χ2n) is 7.94. The number of aromatic nitrogens is 2. The minimum Gasteiger partial charge on any atom is -0.317 e. The Kier molecular flexibility index (Phi) is 4.31. The number of halogens is 1. The van der Waals surface area contributed by atoms with Crippen LogP contribution in [0.15, 0.2) is 72.8 Å². The maximum atomic E-state index is 14.6. The van der Waals surface area contributed by atoms with Gasteiger partial charge in [-0.15, -0.1) is 0 Å². The Morgan fingerprint density at radius 1 is 0.852 bits per heavy atom. The summed E-state index contributed by atoms with van der Waals surface area (Å²) in [5.74, 6) is 0.545. The standard InChI is InChI=1S/C24H23FN2/c1-24(2,3)19-14-12-17(13-15-19)16-27-22-20(25)10-7-11-21(22)26-23(27)18-8-5-4-6-9-18/h4-15H,16H2,1-3H3. The van der Waals surface area contributed by atoms with Crippen LogP contribution in [-0.2, 0) is 12.0 Å². The van der Waals surface area contributed by atoms with Crippen LogP contribution in [0.4, 0.5) is 4.39 Å². The zero-order chi connectivity index (χ0) is 19.0. The van der Waals surface area contributed by atoms with Gasteiger partial charge in [-0.05, 0) is 28.7 Å². The molecule has 0 unspecified atom stereocenters. The zero-order valence-corrected chi connectivity index (χ0v) is 15.9. The number of hydrogen-bond donors (Lipinski definition) is 0. The molecule has 1 aromatic heterocycles. The average molecular weight is 358 g/mol. The molecule has 0 saturated carbocycles. The third-order valence-electron chi connectivity index (χ3n) is 4.91. The molecule has 136 valence electrons. The first-order valence-electron chi connectivity index (χ1n) is 9.23. The summed E-state index contributed by atoms with van der Waals surface area (Å²) in [4.78, 5) is 4.72. The first-order chi connectivity index (χ1) is 12.9. The van der Waals surface area contributed by atoms with Crippen molar-refractivity contribution in [3.8, 4) is 11.4 Å². The largest absolute Gasteiger partial charge is 0.317 e. The van der Waals surface area contributed by atoms with Crippen molar-refractivity contribution in [2.45, 2.75) is 32.7 Å². The molecule has 0 aliphatic carbocycles. The number of para-hydroxylation sites is 1. The SMILES string of the molecule is CC(C)(C)c1ccc(Cn2c(-c3ccccc3)nc3cccc(F)c32)cc1. The number of hydrogen-bond acceptors (Lipinski definition) is 1. The summed E-state index contributed by atoms with van der Waals surface area (Å²) in [7, 11) is 0. The van der Waals surface area contributed by atoms with Crippen LogP contribution in [0.3, 0.4) is 0 Å². The molecular weight excluding hydrogens is 335 g/mol. The maximum absolute atomic E-state index is 14.6. The van der Waals surface area contributed by atoms with Crippen LogP contribution in [0.1, 0.15) is 31.9 Å². The highest BCUT2D eigenvalue weighted by Gasteiger charge is 2.17. The quantitative estimate of drug-likeness (QED) is 0.427. The van der Waals surface area contributed by atoms with Crippen LogP contribution in [0.2, 0.25) is 0 Å². The first kappa shape index (κ1) is 17.5. The molecule has 0 N–H and O–H groups in total. The predicted molar refractivity (Wildman–Crippen MR) is 109 cm³/mol. The van der Waals surface area contributed by atoms with Gasteiger partial charge in [-0.2, -0.15) is 0 Å². The van der Waals surface area contributed by atoms with Crippen molar-refractivity contribution in [3.05, 3.63) is 89.7 Å². The van der Waals surface area contributed by atoms with Crippen molar-refractivity contribution >= 4 is 11.0 Å². The summed E-state index contributed by atoms with van der Waals surface area (Å²) in [6.07, 6.45) is 0. The van der Waals surface area contributed by atoms with Gasteiger partial charge in [0, 0.05) is 12.1 Å². The van der Waals surface area contributed by atoms with E-state index in [9.17, 15) is 4.39 Å². The number of imidazole rings is 1. The van der Waals surface area contributed by atoms with E-state index in [0.29, 0.717) is 17.6 Å². The Morgan fingerprint density at radius 2 is 1.56 bits per heavy atom. The summed E-state index contributed by atoms with van der Waals surface area (Å²) in [5, 5.41) is 0. The fraction of sp³-hybridized carbons (Fsp3) is 0.208. The van der Waals surface area contributed by atoms with Crippen molar-refractivity contribution in [1.29, 1.82) is 0 Å². The molecule has 0 aliphatic heterocycles. The molecule has 1 heterocycles. The number of benzene rings is 3. The fourth-order valence-electron chi connectivity index (χ4n) is 3.40. The Hall–Kier alpha value is -2.94. The molecular formula is C24H23FN2. The average Bonchev–Trinajstić information content (AvgIpc) is 3.02. The molecule has 0 spiro atoms. The Bertz CT molecular complexity index is 1070. The van der Waals surface area contributed by atoms with Crippen LogP contribution in [-0.4, -0.2) is 9.55 Å². The molecule has 0 radical (unpaired) electrons. The fourth-order valence-corrected chi connectivity index (χ4v) is 3.40. The van der Waals surface area contributed by atoms with Crippen molar-refractivity contribution < 1.29 is 4.39 Å². The molecule has 0 amide bonds. The van der Waals surface area contributed by atoms with E-state index >= 15 is 0 Å². The van der Waals surface area contributed by atoms with Gasteiger partial charge in [-0.3, -0.25) is 0 Å². The molecule has 0 saturated heterocycles. The van der Waals surface area contributed by atoms with Crippen molar-refractivity contribution in [2.75, 3.05) is 0 Å². The van der Waals surface area contributed by atoms with E-state index in [1.165, 1.54) is 11.6 Å². The third-order valence-corrected chi connectivity index (χ3v) is 4.91. The van der Waals surface area contributed by atoms with Gasteiger partial charge < -0.3 is 4.57 Å². The van der Waals surface area contributed by atoms with Crippen LogP contribution < -0.4 is 0 Å². The van der Waals surface area contributed by atoms with E-state index in [1.807, 2.05) is 41.0 Å². The van der Waals surface area contributed by atoms with E-state index in [-0.39, 0.29) is 11.2 Å². The molecule has 2 nitrogen and oxygen atoms in total. The summed E-state index contributed by atoms with van der Waals surface area (Å²) < 4.78 is 16.6. The van der Waals surface area contributed by atoms with Gasteiger partial charge in [0.1, 0.15) is 17.2 Å². The van der Waals surface area contributed by atoms with Crippen LogP contribution in [0.25, 0.3) is 22.4 Å². The second kappa shape index (κ2) is 6.66. The predicted octanol–water partition coefficient (Wildman–Crippen LogP) is 6.19. The highest BCUT2D eigenvalue weighted by Crippen LogP contribution is 2.28. The van der Waals surface area contributed by atoms with Gasteiger partial charge in [0.2, 0.25) is 0 Å². The lowest BCUT2D eigenvalue weighted by Crippen LogP contribution is -2.11. The molecule has 4 rings (SSSR count). The Balaban J connectivity index is 1.83. The Labute approximate surface area is 159 Å².